The number of methoxy groups -OCH3 is 1. The summed E-state index contributed by atoms with van der Waals surface area (Å²) in [6, 6.07) is 5.37. The molecule has 1 aromatic carbocycles. The summed E-state index contributed by atoms with van der Waals surface area (Å²) in [5.41, 5.74) is 2.84. The zero-order valence-corrected chi connectivity index (χ0v) is 30.7. The van der Waals surface area contributed by atoms with E-state index in [0.717, 1.165) is 16.8 Å². The zero-order valence-electron chi connectivity index (χ0n) is 29.9. The number of nitrogens with two attached hydrogens (primary N) is 1. The molecule has 14 heteroatoms. The number of halogens is 2. The van der Waals surface area contributed by atoms with E-state index in [2.05, 4.69) is 5.10 Å². The molecule has 2 aromatic rings. The minimum absolute atomic E-state index is 0.155. The number of ether oxygens (including phenoxy) is 2. The van der Waals surface area contributed by atoms with Gasteiger partial charge in [-0.15, -0.1) is 0 Å². The van der Waals surface area contributed by atoms with Crippen molar-refractivity contribution in [1.29, 1.82) is 0 Å². The fraction of sp³-hybridized carbons (Fsp3) is 0.605. The number of amides is 2. The van der Waals surface area contributed by atoms with Crippen LogP contribution in [0.25, 0.3) is 11.8 Å². The van der Waals surface area contributed by atoms with Crippen molar-refractivity contribution < 1.29 is 42.5 Å². The van der Waals surface area contributed by atoms with Crippen molar-refractivity contribution in [3.8, 4) is 5.69 Å². The maximum Gasteiger partial charge on any atom is 0.333 e. The molecule has 1 aliphatic heterocycles. The number of thioether (sulfide) groups is 1. The second-order valence-corrected chi connectivity index (χ2v) is 16.6. The Morgan fingerprint density at radius 3 is 2.65 bits per heavy atom. The number of esters is 1. The third kappa shape index (κ3) is 5.06. The predicted octanol–water partition coefficient (Wildman–Crippen LogP) is 4.57. The number of aromatic nitrogens is 2. The van der Waals surface area contributed by atoms with Crippen molar-refractivity contribution in [3.63, 3.8) is 0 Å². The minimum atomic E-state index is -2.09. The third-order valence-corrected chi connectivity index (χ3v) is 14.0. The number of fused-ring (bicyclic) bond motifs is 6. The molecule has 4 fully saturated rings. The average molecular weight is 741 g/mol. The highest BCUT2D eigenvalue weighted by Crippen LogP contribution is 2.72. The molecule has 1 aromatic heterocycles. The summed E-state index contributed by atoms with van der Waals surface area (Å²) < 4.78 is 44.8. The summed E-state index contributed by atoms with van der Waals surface area (Å²) in [5.74, 6) is -3.25. The molecule has 1 saturated heterocycles. The maximum absolute atomic E-state index is 18.4. The van der Waals surface area contributed by atoms with E-state index >= 15 is 4.39 Å². The van der Waals surface area contributed by atoms with Crippen LogP contribution in [-0.4, -0.2) is 92.4 Å². The van der Waals surface area contributed by atoms with Gasteiger partial charge in [0.25, 0.3) is 5.91 Å². The van der Waals surface area contributed by atoms with Crippen molar-refractivity contribution in [2.45, 2.75) is 89.1 Å². The Morgan fingerprint density at radius 2 is 1.94 bits per heavy atom. The van der Waals surface area contributed by atoms with E-state index < -0.39 is 81.6 Å². The SMILES string of the molecule is COCC(=O)O[C@]1(C(=O)SCF)[C@H](C)C[C@H]2[C@@H]3CCC4=Cc5c(cnn5-c5cccc(C(=O)N6CCC[C@@H]6C(N)=O)c5)C[C@]4(C)[C@@]3(F)[C@@H](O)C[C@@]21C. The number of carbonyl (C=O) groups is 4. The summed E-state index contributed by atoms with van der Waals surface area (Å²) in [4.78, 5) is 53.7. The van der Waals surface area contributed by atoms with Gasteiger partial charge in [-0.2, -0.15) is 5.10 Å². The van der Waals surface area contributed by atoms with Crippen molar-refractivity contribution in [3.05, 3.63) is 52.9 Å². The molecule has 0 bridgehead atoms. The lowest BCUT2D eigenvalue weighted by atomic mass is 9.44. The van der Waals surface area contributed by atoms with Crippen LogP contribution >= 0.6 is 11.8 Å². The lowest BCUT2D eigenvalue weighted by molar-refractivity contribution is -0.231. The highest BCUT2D eigenvalue weighted by molar-refractivity contribution is 8.13. The van der Waals surface area contributed by atoms with E-state index in [1.807, 2.05) is 19.1 Å². The number of hydrogen-bond acceptors (Lipinski definition) is 9. The standard InChI is InChI=1S/C38H46F2N4O7S/c1-21-13-27-26-11-10-24-15-29-23(18-42-44(29)25-8-5-7-22(14-25)33(48)43-12-6-9-28(43)32(41)47)16-35(24,2)37(26,40)30(45)17-36(27,3)38(21,34(49)52-20-39)51-31(46)19-50-4/h5,7-8,14-15,18,21,26-28,30,45H,6,9-13,16-17,19-20H2,1-4H3,(H2,41,47)/t21-,26+,27+,28-,30+,35+,36+,37+,38+/m1/s1. The van der Waals surface area contributed by atoms with E-state index in [1.54, 1.807) is 42.9 Å². The highest BCUT2D eigenvalue weighted by atomic mass is 32.2. The first kappa shape index (κ1) is 36.7. The van der Waals surface area contributed by atoms with Crippen LogP contribution in [0, 0.1) is 28.6 Å². The van der Waals surface area contributed by atoms with E-state index in [4.69, 9.17) is 15.2 Å². The molecule has 52 heavy (non-hydrogen) atoms. The largest absolute Gasteiger partial charge is 0.447 e. The van der Waals surface area contributed by atoms with Crippen LogP contribution < -0.4 is 5.73 Å². The molecule has 5 aliphatic rings. The van der Waals surface area contributed by atoms with Crippen LogP contribution in [0.4, 0.5) is 8.78 Å². The normalized spacial score (nSPS) is 36.2. The van der Waals surface area contributed by atoms with Crippen LogP contribution in [0.15, 0.2) is 36.0 Å². The molecule has 3 N–H and O–H groups in total. The van der Waals surface area contributed by atoms with Gasteiger partial charge in [0.05, 0.1) is 23.7 Å². The van der Waals surface area contributed by atoms with E-state index in [-0.39, 0.29) is 18.7 Å². The van der Waals surface area contributed by atoms with E-state index in [0.29, 0.717) is 61.7 Å². The van der Waals surface area contributed by atoms with Gasteiger partial charge >= 0.3 is 5.97 Å². The van der Waals surface area contributed by atoms with Gasteiger partial charge in [-0.3, -0.25) is 14.4 Å². The number of carbonyl (C=O) groups excluding carboxylic acids is 4. The Hall–Kier alpha value is -3.62. The fourth-order valence-corrected chi connectivity index (χ4v) is 11.8. The Bertz CT molecular complexity index is 1850. The lowest BCUT2D eigenvalue weighted by Crippen LogP contribution is -2.70. The zero-order chi connectivity index (χ0) is 37.4. The first-order valence-corrected chi connectivity index (χ1v) is 19.0. The Labute approximate surface area is 305 Å². The molecule has 0 radical (unpaired) electrons. The summed E-state index contributed by atoms with van der Waals surface area (Å²) in [6.07, 6.45) is 4.74. The number of hydrogen-bond donors (Lipinski definition) is 2. The number of rotatable bonds is 8. The van der Waals surface area contributed by atoms with Crippen molar-refractivity contribution in [2.24, 2.45) is 34.3 Å². The van der Waals surface area contributed by atoms with Crippen LogP contribution in [0.3, 0.4) is 0 Å². The third-order valence-electron chi connectivity index (χ3n) is 13.3. The summed E-state index contributed by atoms with van der Waals surface area (Å²) >= 11 is 0.438. The summed E-state index contributed by atoms with van der Waals surface area (Å²) in [6.45, 7) is 5.47. The molecule has 0 spiro atoms. The summed E-state index contributed by atoms with van der Waals surface area (Å²) in [7, 11) is 1.33. The fourth-order valence-electron chi connectivity index (χ4n) is 11.0. The molecule has 0 unspecified atom stereocenters. The number of benzene rings is 1. The molecule has 2 amide bonds. The van der Waals surface area contributed by atoms with E-state index in [1.165, 1.54) is 12.0 Å². The smallest absolute Gasteiger partial charge is 0.333 e. The maximum atomic E-state index is 18.4. The topological polar surface area (TPSA) is 154 Å². The lowest BCUT2D eigenvalue weighted by Gasteiger charge is -2.63. The molecule has 4 aliphatic carbocycles. The van der Waals surface area contributed by atoms with E-state index in [9.17, 15) is 28.7 Å². The van der Waals surface area contributed by atoms with Gasteiger partial charge in [0, 0.05) is 41.9 Å². The number of likely N-dealkylation sites (tertiary alicyclic amines) is 1. The number of aliphatic hydroxyl groups is 1. The predicted molar refractivity (Wildman–Crippen MR) is 188 cm³/mol. The minimum Gasteiger partial charge on any atom is -0.447 e. The van der Waals surface area contributed by atoms with Crippen LogP contribution in [0.5, 0.6) is 0 Å². The van der Waals surface area contributed by atoms with Crippen molar-refractivity contribution >= 4 is 40.7 Å². The monoisotopic (exact) mass is 740 g/mol. The average Bonchev–Trinajstić information content (AvgIpc) is 3.81. The number of allylic oxidation sites excluding steroid dienone is 1. The van der Waals surface area contributed by atoms with Crippen molar-refractivity contribution in [2.75, 3.05) is 26.3 Å². The summed E-state index contributed by atoms with van der Waals surface area (Å²) in [5, 5.41) is 16.1. The Morgan fingerprint density at radius 1 is 1.17 bits per heavy atom. The van der Waals surface area contributed by atoms with Crippen LogP contribution in [-0.2, 0) is 30.3 Å². The van der Waals surface area contributed by atoms with Gasteiger partial charge in [0.1, 0.15) is 24.3 Å². The van der Waals surface area contributed by atoms with Crippen LogP contribution in [0.1, 0.15) is 80.9 Å². The van der Waals surface area contributed by atoms with Crippen LogP contribution in [0.2, 0.25) is 0 Å². The molecule has 9 atom stereocenters. The number of nitrogens with zero attached hydrogens (tertiary/aromatic N) is 3. The quantitative estimate of drug-likeness (QED) is 0.371. The van der Waals surface area contributed by atoms with Gasteiger partial charge < -0.3 is 25.2 Å². The Balaban J connectivity index is 1.22. The number of aliphatic hydroxyl groups excluding tert-OH is 1. The Kier molecular flexibility index (Phi) is 9.22. The molecule has 280 valence electrons. The van der Waals surface area contributed by atoms with Crippen molar-refractivity contribution in [1.82, 2.24) is 14.7 Å². The second kappa shape index (κ2) is 13.0. The first-order chi connectivity index (χ1) is 24.7. The number of primary amides is 1. The second-order valence-electron chi connectivity index (χ2n) is 15.7. The highest BCUT2D eigenvalue weighted by Gasteiger charge is 2.77. The van der Waals surface area contributed by atoms with Gasteiger partial charge in [-0.05, 0) is 92.5 Å². The van der Waals surface area contributed by atoms with Gasteiger partial charge in [0.15, 0.2) is 5.60 Å². The molecule has 7 rings (SSSR count). The molecule has 2 heterocycles. The first-order valence-electron chi connectivity index (χ1n) is 18.0. The molecule has 3 saturated carbocycles. The molecular weight excluding hydrogens is 695 g/mol. The van der Waals surface area contributed by atoms with Gasteiger partial charge in [0.2, 0.25) is 11.0 Å². The van der Waals surface area contributed by atoms with Gasteiger partial charge in [-0.25, -0.2) is 18.3 Å². The number of alkyl halides is 2. The van der Waals surface area contributed by atoms with Gasteiger partial charge in [-0.1, -0.05) is 32.4 Å². The molecule has 11 nitrogen and oxygen atoms in total. The molecular formula is C38H46F2N4O7S.